The number of aliphatic hydroxyl groups is 1. The molecule has 2 heterocycles. The Bertz CT molecular complexity index is 396. The highest BCUT2D eigenvalue weighted by Crippen LogP contribution is 2.19. The highest BCUT2D eigenvalue weighted by molar-refractivity contribution is 5.94. The van der Waals surface area contributed by atoms with Gasteiger partial charge in [-0.05, 0) is 6.92 Å². The molecule has 1 fully saturated rings. The summed E-state index contributed by atoms with van der Waals surface area (Å²) in [6, 6.07) is 0. The van der Waals surface area contributed by atoms with Crippen LogP contribution in [-0.2, 0) is 4.74 Å². The zero-order valence-electron chi connectivity index (χ0n) is 9.82. The molecule has 6 nitrogen and oxygen atoms in total. The van der Waals surface area contributed by atoms with Gasteiger partial charge in [0, 0.05) is 38.3 Å². The van der Waals surface area contributed by atoms with Crippen LogP contribution in [0.2, 0.25) is 0 Å². The Labute approximate surface area is 99.4 Å². The highest BCUT2D eigenvalue weighted by atomic mass is 16.5. The molecule has 1 amide bonds. The molecule has 0 atom stereocenters. The molecule has 2 rings (SSSR count). The lowest BCUT2D eigenvalue weighted by molar-refractivity contribution is -0.0605. The van der Waals surface area contributed by atoms with E-state index in [0.717, 1.165) is 5.69 Å². The number of hydrogen-bond donors (Lipinski definition) is 3. The molecule has 0 aromatic carbocycles. The average Bonchev–Trinajstić information content (AvgIpc) is 2.74. The summed E-state index contributed by atoms with van der Waals surface area (Å²) >= 11 is 0. The Hall–Kier alpha value is -1.40. The van der Waals surface area contributed by atoms with Crippen molar-refractivity contribution in [1.29, 1.82) is 0 Å². The van der Waals surface area contributed by atoms with E-state index in [0.29, 0.717) is 31.6 Å². The predicted molar refractivity (Wildman–Crippen MR) is 60.7 cm³/mol. The van der Waals surface area contributed by atoms with Crippen LogP contribution >= 0.6 is 0 Å². The van der Waals surface area contributed by atoms with E-state index >= 15 is 0 Å². The van der Waals surface area contributed by atoms with Crippen molar-refractivity contribution in [3.63, 3.8) is 0 Å². The van der Waals surface area contributed by atoms with Crippen LogP contribution in [0.5, 0.6) is 0 Å². The molecule has 1 aliphatic rings. The topological polar surface area (TPSA) is 87.2 Å². The van der Waals surface area contributed by atoms with E-state index in [-0.39, 0.29) is 12.5 Å². The van der Waals surface area contributed by atoms with E-state index in [1.54, 1.807) is 6.92 Å². The molecule has 17 heavy (non-hydrogen) atoms. The number of aromatic amines is 1. The zero-order valence-corrected chi connectivity index (χ0v) is 9.82. The molecule has 1 aliphatic heterocycles. The van der Waals surface area contributed by atoms with Crippen LogP contribution in [-0.4, -0.2) is 46.6 Å². The molecule has 0 spiro atoms. The van der Waals surface area contributed by atoms with E-state index in [4.69, 9.17) is 4.74 Å². The second-order valence-electron chi connectivity index (χ2n) is 4.43. The third-order valence-electron chi connectivity index (χ3n) is 3.08. The van der Waals surface area contributed by atoms with Gasteiger partial charge in [0.1, 0.15) is 0 Å². The normalized spacial score (nSPS) is 18.9. The second kappa shape index (κ2) is 4.85. The summed E-state index contributed by atoms with van der Waals surface area (Å²) in [5.74, 6) is -0.212. The van der Waals surface area contributed by atoms with Crippen LogP contribution in [0.15, 0.2) is 6.20 Å². The summed E-state index contributed by atoms with van der Waals surface area (Å²) in [4.78, 5) is 11.8. The maximum Gasteiger partial charge on any atom is 0.254 e. The van der Waals surface area contributed by atoms with Crippen LogP contribution in [0, 0.1) is 6.92 Å². The molecule has 0 saturated carbocycles. The molecule has 94 valence electrons. The van der Waals surface area contributed by atoms with Gasteiger partial charge in [-0.1, -0.05) is 0 Å². The maximum absolute atomic E-state index is 11.8. The highest BCUT2D eigenvalue weighted by Gasteiger charge is 2.30. The first-order valence-corrected chi connectivity index (χ1v) is 5.69. The molecule has 0 unspecified atom stereocenters. The number of carbonyl (C=O) groups excluding carboxylic acids is 1. The number of aryl methyl sites for hydroxylation is 1. The van der Waals surface area contributed by atoms with Gasteiger partial charge in [0.2, 0.25) is 0 Å². The quantitative estimate of drug-likeness (QED) is 0.692. The summed E-state index contributed by atoms with van der Waals surface area (Å²) < 4.78 is 5.18. The second-order valence-corrected chi connectivity index (χ2v) is 4.43. The van der Waals surface area contributed by atoms with Crippen LogP contribution < -0.4 is 5.32 Å². The molecular formula is C11H17N3O3. The van der Waals surface area contributed by atoms with E-state index in [1.165, 1.54) is 6.20 Å². The fraction of sp³-hybridized carbons (Fsp3) is 0.636. The number of aromatic nitrogens is 2. The fourth-order valence-electron chi connectivity index (χ4n) is 1.85. The maximum atomic E-state index is 11.8. The van der Waals surface area contributed by atoms with Gasteiger partial charge in [0.25, 0.3) is 5.91 Å². The summed E-state index contributed by atoms with van der Waals surface area (Å²) in [7, 11) is 0. The number of rotatable bonds is 3. The number of ether oxygens (including phenoxy) is 1. The zero-order chi connectivity index (χ0) is 12.3. The van der Waals surface area contributed by atoms with Gasteiger partial charge < -0.3 is 15.2 Å². The van der Waals surface area contributed by atoms with Crippen molar-refractivity contribution < 1.29 is 14.6 Å². The molecule has 0 radical (unpaired) electrons. The van der Waals surface area contributed by atoms with Gasteiger partial charge >= 0.3 is 0 Å². The fourth-order valence-corrected chi connectivity index (χ4v) is 1.85. The Morgan fingerprint density at radius 2 is 2.35 bits per heavy atom. The van der Waals surface area contributed by atoms with Crippen molar-refractivity contribution in [1.82, 2.24) is 15.5 Å². The largest absolute Gasteiger partial charge is 0.388 e. The third kappa shape index (κ3) is 2.83. The Morgan fingerprint density at radius 1 is 1.65 bits per heavy atom. The minimum atomic E-state index is -0.842. The Morgan fingerprint density at radius 3 is 2.94 bits per heavy atom. The summed E-state index contributed by atoms with van der Waals surface area (Å²) in [5.41, 5.74) is 0.396. The molecular weight excluding hydrogens is 222 g/mol. The first kappa shape index (κ1) is 12.1. The monoisotopic (exact) mass is 239 g/mol. The number of H-pyrrole nitrogens is 1. The van der Waals surface area contributed by atoms with Crippen molar-refractivity contribution in [2.24, 2.45) is 0 Å². The minimum absolute atomic E-state index is 0.212. The summed E-state index contributed by atoms with van der Waals surface area (Å²) in [6.07, 6.45) is 2.59. The van der Waals surface area contributed by atoms with Crippen molar-refractivity contribution in [2.75, 3.05) is 19.8 Å². The van der Waals surface area contributed by atoms with Crippen molar-refractivity contribution in [3.8, 4) is 0 Å². The lowest BCUT2D eigenvalue weighted by Crippen LogP contribution is -2.46. The van der Waals surface area contributed by atoms with Crippen molar-refractivity contribution >= 4 is 5.91 Å². The van der Waals surface area contributed by atoms with E-state index in [9.17, 15) is 9.90 Å². The van der Waals surface area contributed by atoms with Gasteiger partial charge in [-0.3, -0.25) is 9.89 Å². The molecule has 0 aliphatic carbocycles. The first-order valence-electron chi connectivity index (χ1n) is 5.69. The van der Waals surface area contributed by atoms with Gasteiger partial charge in [-0.15, -0.1) is 0 Å². The predicted octanol–water partition coefficient (Wildman–Crippen LogP) is -0.0106. The number of hydrogen-bond acceptors (Lipinski definition) is 4. The molecule has 3 N–H and O–H groups in total. The van der Waals surface area contributed by atoms with Crippen LogP contribution in [0.25, 0.3) is 0 Å². The van der Waals surface area contributed by atoms with E-state index in [2.05, 4.69) is 15.5 Å². The minimum Gasteiger partial charge on any atom is -0.388 e. The molecule has 1 aromatic rings. The van der Waals surface area contributed by atoms with Crippen LogP contribution in [0.4, 0.5) is 0 Å². The number of nitrogens with one attached hydrogen (secondary N) is 2. The third-order valence-corrected chi connectivity index (χ3v) is 3.08. The van der Waals surface area contributed by atoms with Crippen LogP contribution in [0.3, 0.4) is 0 Å². The smallest absolute Gasteiger partial charge is 0.254 e. The lowest BCUT2D eigenvalue weighted by Gasteiger charge is -2.32. The first-order chi connectivity index (χ1) is 8.11. The molecule has 6 heteroatoms. The number of carbonyl (C=O) groups is 1. The summed E-state index contributed by atoms with van der Waals surface area (Å²) in [5, 5.41) is 19.4. The van der Waals surface area contributed by atoms with E-state index < -0.39 is 5.60 Å². The van der Waals surface area contributed by atoms with Gasteiger partial charge in [0.15, 0.2) is 0 Å². The van der Waals surface area contributed by atoms with Crippen LogP contribution in [0.1, 0.15) is 28.9 Å². The number of amides is 1. The van der Waals surface area contributed by atoms with Crippen molar-refractivity contribution in [3.05, 3.63) is 17.5 Å². The van der Waals surface area contributed by atoms with Gasteiger partial charge in [0.05, 0.1) is 17.4 Å². The molecule has 1 aromatic heterocycles. The molecule has 1 saturated heterocycles. The number of nitrogens with zero attached hydrogens (tertiary/aromatic N) is 1. The standard InChI is InChI=1S/C11H17N3O3/c1-8-9(6-13-14-8)10(15)12-7-11(16)2-4-17-5-3-11/h6,16H,2-5,7H2,1H3,(H,12,15)(H,13,14). The SMILES string of the molecule is Cc1[nH]ncc1C(=O)NCC1(O)CCOCC1. The van der Waals surface area contributed by atoms with Gasteiger partial charge in [-0.2, -0.15) is 5.10 Å². The average molecular weight is 239 g/mol. The summed E-state index contributed by atoms with van der Waals surface area (Å²) in [6.45, 7) is 3.11. The van der Waals surface area contributed by atoms with Crippen molar-refractivity contribution in [2.45, 2.75) is 25.4 Å². The Balaban J connectivity index is 1.90. The lowest BCUT2D eigenvalue weighted by atomic mass is 9.94. The molecule has 0 bridgehead atoms. The Kier molecular flexibility index (Phi) is 3.44. The van der Waals surface area contributed by atoms with Gasteiger partial charge in [-0.25, -0.2) is 0 Å². The van der Waals surface area contributed by atoms with E-state index in [1.807, 2.05) is 0 Å².